The molecule has 6 heavy (non-hydrogen) atoms. The number of nitrogens with zero attached hydrogens (tertiary/aromatic N) is 1. The van der Waals surface area contributed by atoms with Crippen LogP contribution in [0.2, 0.25) is 0 Å². The van der Waals surface area contributed by atoms with Crippen LogP contribution >= 0.6 is 39.5 Å². The summed E-state index contributed by atoms with van der Waals surface area (Å²) in [6.45, 7) is 0. The Morgan fingerprint density at radius 3 is 1.67 bits per heavy atom. The van der Waals surface area contributed by atoms with Crippen LogP contribution in [-0.4, -0.2) is 36.7 Å². The fourth-order valence-electron chi connectivity index (χ4n) is 0. The van der Waals surface area contributed by atoms with Gasteiger partial charge in [-0.15, -0.1) is 3.94 Å². The minimum atomic E-state index is 0. The van der Waals surface area contributed by atoms with Gasteiger partial charge in [0.25, 0.3) is 0 Å². The summed E-state index contributed by atoms with van der Waals surface area (Å²) in [5.74, 6) is 0. The van der Waals surface area contributed by atoms with Crippen molar-refractivity contribution in [3.05, 3.63) is 0 Å². The first kappa shape index (κ1) is 10.8. The van der Waals surface area contributed by atoms with Crippen LogP contribution in [0, 0.1) is 0 Å². The second-order valence-corrected chi connectivity index (χ2v) is 1.91. The van der Waals surface area contributed by atoms with Crippen molar-refractivity contribution in [1.29, 1.82) is 0 Å². The van der Waals surface area contributed by atoms with Crippen LogP contribution in [0.25, 0.3) is 0 Å². The Morgan fingerprint density at radius 1 is 1.50 bits per heavy atom. The predicted molar refractivity (Wildman–Crippen MR) is 35.9 cm³/mol. The van der Waals surface area contributed by atoms with E-state index in [1.165, 1.54) is 0 Å². The van der Waals surface area contributed by atoms with Gasteiger partial charge < -0.3 is 0 Å². The zero-order valence-electron chi connectivity index (χ0n) is 3.00. The van der Waals surface area contributed by atoms with Gasteiger partial charge in [-0.3, -0.25) is 0 Å². The Morgan fingerprint density at radius 2 is 1.67 bits per heavy atom. The molecule has 0 amide bonds. The first-order chi connectivity index (χ1) is 2.27. The summed E-state index contributed by atoms with van der Waals surface area (Å²) >= 11 is 13.0. The molecule has 0 N–H and O–H groups in total. The summed E-state index contributed by atoms with van der Waals surface area (Å²) in [6.07, 6.45) is 0. The number of hydrogen-bond acceptors (Lipinski definition) is 1. The van der Waals surface area contributed by atoms with E-state index in [0.29, 0.717) is 5.45 Å². The first-order valence-electron chi connectivity index (χ1n) is 0.922. The molecule has 0 heterocycles. The molecule has 0 saturated carbocycles. The predicted octanol–water partition coefficient (Wildman–Crippen LogP) is 1.03. The van der Waals surface area contributed by atoms with E-state index in [2.05, 4.69) is 15.9 Å². The Balaban J connectivity index is 0. The van der Waals surface area contributed by atoms with Gasteiger partial charge in [0.1, 0.15) is 0 Å². The molecule has 0 aliphatic heterocycles. The second-order valence-electron chi connectivity index (χ2n) is 0.422. The molecule has 0 saturated heterocycles. The van der Waals surface area contributed by atoms with E-state index in [0.717, 1.165) is 3.94 Å². The van der Waals surface area contributed by atoms with E-state index in [1.54, 1.807) is 0 Å². The van der Waals surface area contributed by atoms with Gasteiger partial charge >= 0.3 is 27.3 Å². The van der Waals surface area contributed by atoms with Crippen molar-refractivity contribution in [2.24, 2.45) is 0 Å². The van der Waals surface area contributed by atoms with Crippen molar-refractivity contribution in [2.45, 2.75) is 0 Å². The van der Waals surface area contributed by atoms with E-state index >= 15 is 0 Å². The maximum atomic E-state index is 5.01. The molecule has 0 bridgehead atoms. The van der Waals surface area contributed by atoms with Crippen molar-refractivity contribution in [2.75, 3.05) is 5.45 Å². The van der Waals surface area contributed by atoms with Gasteiger partial charge in [0.15, 0.2) is 0 Å². The molecule has 0 aromatic carbocycles. The molecule has 0 rings (SSSR count). The van der Waals surface area contributed by atoms with Gasteiger partial charge in [0.2, 0.25) is 0 Å². The number of hydrogen-bond donors (Lipinski definition) is 0. The quantitative estimate of drug-likeness (QED) is 0.281. The summed E-state index contributed by atoms with van der Waals surface area (Å²) in [7, 11) is 0. The van der Waals surface area contributed by atoms with E-state index < -0.39 is 0 Å². The monoisotopic (exact) mass is 387 g/mol. The van der Waals surface area contributed by atoms with Crippen molar-refractivity contribution in [1.82, 2.24) is 3.94 Å². The molecular weight excluding hydrogens is 384 g/mol. The average Bonchev–Trinajstić information content (AvgIpc) is 1.38. The summed E-state index contributed by atoms with van der Waals surface area (Å²) in [4.78, 5) is 0. The van der Waals surface area contributed by atoms with Crippen LogP contribution in [0.3, 0.4) is 0 Å². The van der Waals surface area contributed by atoms with Gasteiger partial charge in [-0.05, 0) is 23.6 Å². The summed E-state index contributed by atoms with van der Waals surface area (Å²) < 4.78 is 0.986. The maximum absolute atomic E-state index is 5.01. The molecular formula is CH4BrCl2NPb. The third-order valence-corrected chi connectivity index (χ3v) is 1.41. The Hall–Kier alpha value is 1.94. The molecule has 0 fully saturated rings. The Bertz CT molecular complexity index is 27.5. The molecule has 0 aliphatic carbocycles. The van der Waals surface area contributed by atoms with Crippen LogP contribution in [0.1, 0.15) is 0 Å². The third-order valence-electron chi connectivity index (χ3n) is 0.0904. The average molecular weight is 388 g/mol. The zero-order valence-corrected chi connectivity index (χ0v) is 11.6. The molecule has 1 nitrogen and oxygen atoms in total. The summed E-state index contributed by atoms with van der Waals surface area (Å²) in [6, 6.07) is 0. The van der Waals surface area contributed by atoms with Gasteiger partial charge in [-0.25, -0.2) is 0 Å². The van der Waals surface area contributed by atoms with E-state index in [9.17, 15) is 0 Å². The summed E-state index contributed by atoms with van der Waals surface area (Å²) in [5, 5.41) is 0. The van der Waals surface area contributed by atoms with Crippen LogP contribution in [0.4, 0.5) is 0 Å². The van der Waals surface area contributed by atoms with Crippen LogP contribution in [0.5, 0.6) is 0 Å². The van der Waals surface area contributed by atoms with E-state index in [4.69, 9.17) is 23.6 Å². The van der Waals surface area contributed by atoms with E-state index in [1.807, 2.05) is 0 Å². The fourth-order valence-corrected chi connectivity index (χ4v) is 0. The van der Waals surface area contributed by atoms with Gasteiger partial charge in [0, 0.05) is 0 Å². The van der Waals surface area contributed by atoms with Gasteiger partial charge in [-0.1, -0.05) is 15.9 Å². The molecule has 0 unspecified atom stereocenters. The SMILES string of the molecule is ClN(Cl)CBr.[PbH2]. The van der Waals surface area contributed by atoms with Gasteiger partial charge in [-0.2, -0.15) is 0 Å². The molecule has 38 valence electrons. The Labute approximate surface area is 75.5 Å². The third kappa shape index (κ3) is 9.34. The zero-order chi connectivity index (χ0) is 4.28. The molecule has 0 aromatic rings. The van der Waals surface area contributed by atoms with Crippen LogP contribution in [-0.2, 0) is 0 Å². The number of rotatable bonds is 1. The number of halogens is 3. The topological polar surface area (TPSA) is 3.24 Å². The van der Waals surface area contributed by atoms with Crippen molar-refractivity contribution in [3.8, 4) is 0 Å². The fraction of sp³-hybridized carbons (Fsp3) is 1.00. The molecule has 0 atom stereocenters. The molecule has 0 aliphatic rings. The molecule has 0 spiro atoms. The summed E-state index contributed by atoms with van der Waals surface area (Å²) in [5.41, 5.74) is 0.482. The minimum absolute atomic E-state index is 0. The Kier molecular flexibility index (Phi) is 12.5. The van der Waals surface area contributed by atoms with Crippen LogP contribution < -0.4 is 0 Å². The van der Waals surface area contributed by atoms with Gasteiger partial charge in [0.05, 0.1) is 5.45 Å². The normalized spacial score (nSPS) is 8.00. The second kappa shape index (κ2) is 6.94. The molecule has 5 heteroatoms. The molecule has 2 radical (unpaired) electrons. The van der Waals surface area contributed by atoms with Crippen molar-refractivity contribution < 1.29 is 0 Å². The van der Waals surface area contributed by atoms with Crippen LogP contribution in [0.15, 0.2) is 0 Å². The van der Waals surface area contributed by atoms with E-state index in [-0.39, 0.29) is 27.3 Å². The first-order valence-corrected chi connectivity index (χ1v) is 2.72. The standard InChI is InChI=1S/CH2BrCl2N.Pb.2H/c2-1-5(3)4;;;/h1H2;;;. The van der Waals surface area contributed by atoms with Crippen molar-refractivity contribution >= 4 is 66.8 Å². The molecule has 0 aromatic heterocycles. The number of alkyl halides is 1. The van der Waals surface area contributed by atoms with Crippen molar-refractivity contribution in [3.63, 3.8) is 0 Å².